The number of nitrogens with one attached hydrogen (secondary N) is 5. The molecule has 0 fully saturated rings. The second-order valence-corrected chi connectivity index (χ2v) is 13.6. The minimum absolute atomic E-state index is 0.00805. The molecule has 0 aliphatic heterocycles. The van der Waals surface area contributed by atoms with Gasteiger partial charge in [0.05, 0.1) is 6.54 Å². The van der Waals surface area contributed by atoms with E-state index in [1.54, 1.807) is 37.4 Å². The van der Waals surface area contributed by atoms with Crippen LogP contribution in [0.4, 0.5) is 0 Å². The summed E-state index contributed by atoms with van der Waals surface area (Å²) in [6.45, 7) is 17.6. The van der Waals surface area contributed by atoms with Crippen LogP contribution in [0.15, 0.2) is 41.4 Å². The molecular weight excluding hydrogens is 622 g/mol. The minimum atomic E-state index is -0.915. The number of hydrogen-bond donors (Lipinski definition) is 5. The molecule has 49 heavy (non-hydrogen) atoms. The van der Waals surface area contributed by atoms with Gasteiger partial charge in [-0.05, 0) is 91.2 Å². The normalized spacial score (nSPS) is 13.8. The lowest BCUT2D eigenvalue weighted by Crippen LogP contribution is -2.46. The predicted molar refractivity (Wildman–Crippen MR) is 196 cm³/mol. The van der Waals surface area contributed by atoms with Crippen LogP contribution in [0.5, 0.6) is 0 Å². The Morgan fingerprint density at radius 1 is 0.878 bits per heavy atom. The molecule has 0 bridgehead atoms. The van der Waals surface area contributed by atoms with Crippen LogP contribution in [-0.4, -0.2) is 100 Å². The van der Waals surface area contributed by atoms with Gasteiger partial charge in [0.1, 0.15) is 0 Å². The smallest absolute Gasteiger partial charge is 0.251 e. The SMILES string of the molecule is C=C(C)C(=O)NCCN=Cc1ccc(C(=O)NCCCNC(=O)C(CC)CC(C)(CC(C)C(=O)NC(C)C)C(=O)NCCCN(C)C)cc1. The molecule has 12 nitrogen and oxygen atoms in total. The van der Waals surface area contributed by atoms with Gasteiger partial charge in [0.2, 0.25) is 23.6 Å². The summed E-state index contributed by atoms with van der Waals surface area (Å²) in [4.78, 5) is 70.0. The molecule has 0 radical (unpaired) electrons. The number of carbonyl (C=O) groups excluding carboxylic acids is 5. The van der Waals surface area contributed by atoms with E-state index in [0.717, 1.165) is 18.5 Å². The molecule has 5 amide bonds. The van der Waals surface area contributed by atoms with E-state index in [-0.39, 0.29) is 35.6 Å². The molecule has 0 aromatic heterocycles. The lowest BCUT2D eigenvalue weighted by Gasteiger charge is -2.33. The fourth-order valence-electron chi connectivity index (χ4n) is 5.26. The van der Waals surface area contributed by atoms with Crippen LogP contribution in [0.2, 0.25) is 0 Å². The van der Waals surface area contributed by atoms with Gasteiger partial charge in [-0.3, -0.25) is 29.0 Å². The molecule has 3 atom stereocenters. The first-order chi connectivity index (χ1) is 23.1. The molecular formula is C37H61N7O5. The van der Waals surface area contributed by atoms with Crippen LogP contribution < -0.4 is 26.6 Å². The summed E-state index contributed by atoms with van der Waals surface area (Å²) in [5.74, 6) is -1.62. The zero-order valence-electron chi connectivity index (χ0n) is 31.0. The van der Waals surface area contributed by atoms with Crippen molar-refractivity contribution in [1.29, 1.82) is 0 Å². The maximum atomic E-state index is 13.5. The van der Waals surface area contributed by atoms with Crippen molar-refractivity contribution >= 4 is 35.8 Å². The molecule has 3 unspecified atom stereocenters. The number of benzene rings is 1. The van der Waals surface area contributed by atoms with Crippen molar-refractivity contribution in [3.63, 3.8) is 0 Å². The van der Waals surface area contributed by atoms with Crippen LogP contribution in [0.25, 0.3) is 0 Å². The third-order valence-corrected chi connectivity index (χ3v) is 8.08. The third kappa shape index (κ3) is 17.2. The van der Waals surface area contributed by atoms with E-state index in [0.29, 0.717) is 69.5 Å². The second-order valence-electron chi connectivity index (χ2n) is 13.6. The number of aliphatic imine (C=N–C) groups is 1. The van der Waals surface area contributed by atoms with Crippen molar-refractivity contribution < 1.29 is 24.0 Å². The highest BCUT2D eigenvalue weighted by Crippen LogP contribution is 2.35. The van der Waals surface area contributed by atoms with Gasteiger partial charge in [0.15, 0.2) is 0 Å². The summed E-state index contributed by atoms with van der Waals surface area (Å²) in [5.41, 5.74) is 0.881. The molecule has 5 N–H and O–H groups in total. The fraction of sp³-hybridized carbons (Fsp3) is 0.622. The van der Waals surface area contributed by atoms with Gasteiger partial charge >= 0.3 is 0 Å². The lowest BCUT2D eigenvalue weighted by molar-refractivity contribution is -0.135. The average Bonchev–Trinajstić information content (AvgIpc) is 3.04. The van der Waals surface area contributed by atoms with Gasteiger partial charge in [-0.2, -0.15) is 0 Å². The number of hydrogen-bond acceptors (Lipinski definition) is 7. The monoisotopic (exact) mass is 683 g/mol. The van der Waals surface area contributed by atoms with Crippen molar-refractivity contribution in [2.45, 2.75) is 79.7 Å². The van der Waals surface area contributed by atoms with Crippen molar-refractivity contribution in [3.05, 3.63) is 47.5 Å². The number of carbonyl (C=O) groups is 5. The second kappa shape index (κ2) is 22.6. The van der Waals surface area contributed by atoms with Crippen LogP contribution in [0.3, 0.4) is 0 Å². The highest BCUT2D eigenvalue weighted by atomic mass is 16.2. The molecule has 0 saturated carbocycles. The average molecular weight is 684 g/mol. The Hall–Kier alpha value is -4.06. The van der Waals surface area contributed by atoms with Crippen molar-refractivity contribution in [3.8, 4) is 0 Å². The van der Waals surface area contributed by atoms with Gasteiger partial charge in [-0.25, -0.2) is 0 Å². The Bertz CT molecular complexity index is 1260. The topological polar surface area (TPSA) is 161 Å². The molecule has 0 spiro atoms. The van der Waals surface area contributed by atoms with Crippen molar-refractivity contribution in [2.75, 3.05) is 53.4 Å². The van der Waals surface area contributed by atoms with E-state index in [4.69, 9.17) is 0 Å². The van der Waals surface area contributed by atoms with Crippen molar-refractivity contribution in [1.82, 2.24) is 31.5 Å². The molecule has 0 aliphatic rings. The van der Waals surface area contributed by atoms with E-state index in [1.165, 1.54) is 0 Å². The Balaban J connectivity index is 2.65. The van der Waals surface area contributed by atoms with Crippen LogP contribution in [-0.2, 0) is 19.2 Å². The van der Waals surface area contributed by atoms with Crippen LogP contribution in [0.1, 0.15) is 89.6 Å². The van der Waals surface area contributed by atoms with E-state index in [9.17, 15) is 24.0 Å². The number of rotatable bonds is 23. The Morgan fingerprint density at radius 3 is 2.10 bits per heavy atom. The van der Waals surface area contributed by atoms with Gasteiger partial charge in [0, 0.05) is 66.8 Å². The summed E-state index contributed by atoms with van der Waals surface area (Å²) in [7, 11) is 3.96. The molecule has 274 valence electrons. The molecule has 1 aromatic carbocycles. The van der Waals surface area contributed by atoms with Gasteiger partial charge in [-0.15, -0.1) is 0 Å². The summed E-state index contributed by atoms with van der Waals surface area (Å²) in [5, 5.41) is 14.6. The lowest BCUT2D eigenvalue weighted by atomic mass is 9.73. The van der Waals surface area contributed by atoms with E-state index in [2.05, 4.69) is 43.1 Å². The molecule has 1 aromatic rings. The molecule has 1 rings (SSSR count). The molecule has 0 heterocycles. The first kappa shape index (κ1) is 43.0. The number of nitrogens with zero attached hydrogens (tertiary/aromatic N) is 2. The fourth-order valence-corrected chi connectivity index (χ4v) is 5.26. The summed E-state index contributed by atoms with van der Waals surface area (Å²) >= 11 is 0. The van der Waals surface area contributed by atoms with Crippen molar-refractivity contribution in [2.24, 2.45) is 22.2 Å². The van der Waals surface area contributed by atoms with Crippen LogP contribution in [0, 0.1) is 17.3 Å². The Labute approximate surface area is 293 Å². The Kier molecular flexibility index (Phi) is 19.8. The molecule has 0 aliphatic carbocycles. The third-order valence-electron chi connectivity index (χ3n) is 8.08. The van der Waals surface area contributed by atoms with E-state index < -0.39 is 17.3 Å². The van der Waals surface area contributed by atoms with Gasteiger partial charge < -0.3 is 31.5 Å². The zero-order valence-corrected chi connectivity index (χ0v) is 31.0. The summed E-state index contributed by atoms with van der Waals surface area (Å²) in [6, 6.07) is 7.02. The number of amides is 5. The van der Waals surface area contributed by atoms with Crippen LogP contribution >= 0.6 is 0 Å². The van der Waals surface area contributed by atoms with Gasteiger partial charge in [-0.1, -0.05) is 39.5 Å². The standard InChI is InChI=1S/C37H61N7O5/c1-10-30(24-37(7,23-28(6)33(46)43-27(4)5)36(49)42-19-12-22-44(8)9)34(47)39-17-11-18-40-35(48)31-15-13-29(14-16-31)25-38-20-21-41-32(45)26(2)3/h13-16,25,27-28,30H,2,10-12,17-24H2,1,3-9H3,(H,39,47)(H,40,48)(H,41,45)(H,42,49)(H,43,46). The predicted octanol–water partition coefficient (Wildman–Crippen LogP) is 3.08. The molecule has 12 heteroatoms. The maximum absolute atomic E-state index is 13.5. The first-order valence-corrected chi connectivity index (χ1v) is 17.4. The summed E-state index contributed by atoms with van der Waals surface area (Å²) < 4.78 is 0. The van der Waals surface area contributed by atoms with E-state index >= 15 is 0 Å². The largest absolute Gasteiger partial charge is 0.356 e. The first-order valence-electron chi connectivity index (χ1n) is 17.4. The zero-order chi connectivity index (χ0) is 37.0. The highest BCUT2D eigenvalue weighted by Gasteiger charge is 2.39. The summed E-state index contributed by atoms with van der Waals surface area (Å²) in [6.07, 6.45) is 4.21. The van der Waals surface area contributed by atoms with E-state index in [1.807, 2.05) is 48.7 Å². The molecule has 0 saturated heterocycles. The minimum Gasteiger partial charge on any atom is -0.356 e. The highest BCUT2D eigenvalue weighted by molar-refractivity contribution is 5.95. The van der Waals surface area contributed by atoms with Gasteiger partial charge in [0.25, 0.3) is 5.91 Å². The quantitative estimate of drug-likeness (QED) is 0.0677. The Morgan fingerprint density at radius 2 is 1.51 bits per heavy atom. The maximum Gasteiger partial charge on any atom is 0.251 e.